The summed E-state index contributed by atoms with van der Waals surface area (Å²) >= 11 is 3.57. The van der Waals surface area contributed by atoms with E-state index in [0.717, 1.165) is 10.4 Å². The van der Waals surface area contributed by atoms with Crippen LogP contribution in [0.25, 0.3) is 0 Å². The predicted molar refractivity (Wildman–Crippen MR) is 69.2 cm³/mol. The van der Waals surface area contributed by atoms with E-state index in [1.54, 1.807) is 0 Å². The van der Waals surface area contributed by atoms with Gasteiger partial charge in [-0.1, -0.05) is 25.0 Å². The number of benzene rings is 1. The first kappa shape index (κ1) is 11.0. The highest BCUT2D eigenvalue weighted by molar-refractivity contribution is 9.10. The molecule has 82 valence electrons. The first-order chi connectivity index (χ1) is 7.27. The summed E-state index contributed by atoms with van der Waals surface area (Å²) in [6.45, 7) is 2.30. The third-order valence-corrected chi connectivity index (χ3v) is 4.06. The first-order valence-corrected chi connectivity index (χ1v) is 6.58. The lowest BCUT2D eigenvalue weighted by Crippen LogP contribution is -2.23. The minimum atomic E-state index is 0.589. The second kappa shape index (κ2) is 5.02. The molecule has 1 fully saturated rings. The standard InChI is InChI=1S/C13H18BrN/c1-10(11-6-2-3-7-11)15-13-9-5-4-8-12(13)14/h4-5,8-11,15H,2-3,6-7H2,1H3. The molecule has 0 spiro atoms. The minimum absolute atomic E-state index is 0.589. The molecule has 0 saturated heterocycles. The van der Waals surface area contributed by atoms with Crippen LogP contribution >= 0.6 is 15.9 Å². The molecule has 1 aliphatic carbocycles. The molecule has 0 radical (unpaired) electrons. The Morgan fingerprint density at radius 3 is 2.60 bits per heavy atom. The molecule has 1 aromatic rings. The maximum absolute atomic E-state index is 3.61. The van der Waals surface area contributed by atoms with Gasteiger partial charge in [-0.25, -0.2) is 0 Å². The number of rotatable bonds is 3. The van der Waals surface area contributed by atoms with Gasteiger partial charge >= 0.3 is 0 Å². The fourth-order valence-electron chi connectivity index (χ4n) is 2.40. The zero-order valence-electron chi connectivity index (χ0n) is 9.17. The number of halogens is 1. The van der Waals surface area contributed by atoms with Crippen molar-refractivity contribution in [1.82, 2.24) is 0 Å². The lowest BCUT2D eigenvalue weighted by atomic mass is 9.99. The van der Waals surface area contributed by atoms with Gasteiger partial charge in [0.05, 0.1) is 0 Å². The quantitative estimate of drug-likeness (QED) is 0.854. The van der Waals surface area contributed by atoms with Crippen LogP contribution in [0.5, 0.6) is 0 Å². The lowest BCUT2D eigenvalue weighted by molar-refractivity contribution is 0.482. The van der Waals surface area contributed by atoms with Gasteiger partial charge in [-0.3, -0.25) is 0 Å². The van der Waals surface area contributed by atoms with Crippen LogP contribution in [0.15, 0.2) is 28.7 Å². The fraction of sp³-hybridized carbons (Fsp3) is 0.538. The summed E-state index contributed by atoms with van der Waals surface area (Å²) in [5, 5.41) is 3.61. The number of hydrogen-bond acceptors (Lipinski definition) is 1. The molecule has 1 atom stereocenters. The van der Waals surface area contributed by atoms with E-state index < -0.39 is 0 Å². The van der Waals surface area contributed by atoms with Crippen LogP contribution in [0.2, 0.25) is 0 Å². The van der Waals surface area contributed by atoms with Gasteiger partial charge in [0.2, 0.25) is 0 Å². The van der Waals surface area contributed by atoms with Crippen molar-refractivity contribution in [2.24, 2.45) is 5.92 Å². The first-order valence-electron chi connectivity index (χ1n) is 5.78. The molecular weight excluding hydrogens is 250 g/mol. The zero-order chi connectivity index (χ0) is 10.7. The van der Waals surface area contributed by atoms with E-state index in [-0.39, 0.29) is 0 Å². The highest BCUT2D eigenvalue weighted by Crippen LogP contribution is 2.30. The van der Waals surface area contributed by atoms with Gasteiger partial charge < -0.3 is 5.32 Å². The third-order valence-electron chi connectivity index (χ3n) is 3.36. The van der Waals surface area contributed by atoms with Crippen molar-refractivity contribution < 1.29 is 0 Å². The Labute approximate surface area is 100 Å². The molecule has 2 heteroatoms. The summed E-state index contributed by atoms with van der Waals surface area (Å²) < 4.78 is 1.16. The molecule has 1 N–H and O–H groups in total. The van der Waals surface area contributed by atoms with Crippen LogP contribution in [0.3, 0.4) is 0 Å². The van der Waals surface area contributed by atoms with Crippen LogP contribution in [0, 0.1) is 5.92 Å². The van der Waals surface area contributed by atoms with E-state index in [9.17, 15) is 0 Å². The third kappa shape index (κ3) is 2.75. The number of anilines is 1. The van der Waals surface area contributed by atoms with E-state index in [0.29, 0.717) is 6.04 Å². The van der Waals surface area contributed by atoms with Gasteiger partial charge in [0.1, 0.15) is 0 Å². The van der Waals surface area contributed by atoms with E-state index >= 15 is 0 Å². The molecule has 0 heterocycles. The topological polar surface area (TPSA) is 12.0 Å². The monoisotopic (exact) mass is 267 g/mol. The van der Waals surface area contributed by atoms with Gasteiger partial charge in [0, 0.05) is 16.2 Å². The van der Waals surface area contributed by atoms with Crippen molar-refractivity contribution in [3.05, 3.63) is 28.7 Å². The molecule has 0 bridgehead atoms. The Kier molecular flexibility index (Phi) is 3.68. The van der Waals surface area contributed by atoms with E-state index in [1.807, 2.05) is 0 Å². The molecule has 1 nitrogen and oxygen atoms in total. The smallest absolute Gasteiger partial charge is 0.0486 e. The molecular formula is C13H18BrN. The Bertz CT molecular complexity index is 318. The Morgan fingerprint density at radius 1 is 1.27 bits per heavy atom. The average molecular weight is 268 g/mol. The van der Waals surface area contributed by atoms with E-state index in [2.05, 4.69) is 52.4 Å². The summed E-state index contributed by atoms with van der Waals surface area (Å²) in [4.78, 5) is 0. The molecule has 1 aromatic carbocycles. The highest BCUT2D eigenvalue weighted by atomic mass is 79.9. The fourth-order valence-corrected chi connectivity index (χ4v) is 2.80. The summed E-state index contributed by atoms with van der Waals surface area (Å²) in [5.41, 5.74) is 1.22. The SMILES string of the molecule is CC(Nc1ccccc1Br)C1CCCC1. The van der Waals surface area contributed by atoms with Crippen LogP contribution in [0.1, 0.15) is 32.6 Å². The molecule has 1 unspecified atom stereocenters. The van der Waals surface area contributed by atoms with Crippen molar-refractivity contribution in [3.63, 3.8) is 0 Å². The molecule has 1 aliphatic rings. The van der Waals surface area contributed by atoms with E-state index in [1.165, 1.54) is 31.4 Å². The maximum atomic E-state index is 3.61. The van der Waals surface area contributed by atoms with Crippen molar-refractivity contribution in [1.29, 1.82) is 0 Å². The summed E-state index contributed by atoms with van der Waals surface area (Å²) in [6.07, 6.45) is 5.59. The predicted octanol–water partition coefficient (Wildman–Crippen LogP) is 4.44. The Balaban J connectivity index is 1.99. The van der Waals surface area contributed by atoms with Gasteiger partial charge in [-0.15, -0.1) is 0 Å². The van der Waals surface area contributed by atoms with E-state index in [4.69, 9.17) is 0 Å². The Hall–Kier alpha value is -0.500. The van der Waals surface area contributed by atoms with Crippen LogP contribution in [0.4, 0.5) is 5.69 Å². The van der Waals surface area contributed by atoms with Crippen LogP contribution < -0.4 is 5.32 Å². The summed E-state index contributed by atoms with van der Waals surface area (Å²) in [7, 11) is 0. The largest absolute Gasteiger partial charge is 0.381 e. The molecule has 0 amide bonds. The number of nitrogens with one attached hydrogen (secondary N) is 1. The van der Waals surface area contributed by atoms with Gasteiger partial charge in [0.25, 0.3) is 0 Å². The average Bonchev–Trinajstić information content (AvgIpc) is 2.74. The van der Waals surface area contributed by atoms with Gasteiger partial charge in [-0.2, -0.15) is 0 Å². The number of hydrogen-bond donors (Lipinski definition) is 1. The molecule has 2 rings (SSSR count). The summed E-state index contributed by atoms with van der Waals surface area (Å²) in [5.74, 6) is 0.858. The molecule has 1 saturated carbocycles. The van der Waals surface area contributed by atoms with Crippen LogP contribution in [-0.4, -0.2) is 6.04 Å². The molecule has 0 aliphatic heterocycles. The number of para-hydroxylation sites is 1. The lowest BCUT2D eigenvalue weighted by Gasteiger charge is -2.22. The minimum Gasteiger partial charge on any atom is -0.381 e. The maximum Gasteiger partial charge on any atom is 0.0486 e. The molecule has 15 heavy (non-hydrogen) atoms. The molecule has 0 aromatic heterocycles. The second-order valence-electron chi connectivity index (χ2n) is 4.46. The van der Waals surface area contributed by atoms with Crippen molar-refractivity contribution in [2.45, 2.75) is 38.6 Å². The zero-order valence-corrected chi connectivity index (χ0v) is 10.8. The highest BCUT2D eigenvalue weighted by Gasteiger charge is 2.21. The normalized spacial score (nSPS) is 19.1. The van der Waals surface area contributed by atoms with Gasteiger partial charge in [-0.05, 0) is 53.7 Å². The Morgan fingerprint density at radius 2 is 1.93 bits per heavy atom. The van der Waals surface area contributed by atoms with Crippen LogP contribution in [-0.2, 0) is 0 Å². The van der Waals surface area contributed by atoms with Gasteiger partial charge in [0.15, 0.2) is 0 Å². The van der Waals surface area contributed by atoms with Crippen molar-refractivity contribution >= 4 is 21.6 Å². The van der Waals surface area contributed by atoms with Crippen molar-refractivity contribution in [2.75, 3.05) is 5.32 Å². The second-order valence-corrected chi connectivity index (χ2v) is 5.31. The van der Waals surface area contributed by atoms with Crippen molar-refractivity contribution in [3.8, 4) is 0 Å². The summed E-state index contributed by atoms with van der Waals surface area (Å²) in [6, 6.07) is 8.94.